The molecule has 1 saturated carbocycles. The molecule has 1 aromatic carbocycles. The Morgan fingerprint density at radius 3 is 2.62 bits per heavy atom. The van der Waals surface area contributed by atoms with Gasteiger partial charge in [0.05, 0.1) is 5.56 Å². The molecule has 0 spiro atoms. The van der Waals surface area contributed by atoms with Gasteiger partial charge in [-0.05, 0) is 42.4 Å². The third-order valence-electron chi connectivity index (χ3n) is 4.42. The fraction of sp³-hybridized carbons (Fsp3) is 0.500. The molecule has 114 valence electrons. The number of hydrogen-bond acceptors (Lipinski definition) is 2. The maximum atomic E-state index is 11.8. The summed E-state index contributed by atoms with van der Waals surface area (Å²) < 4.78 is 0. The molecule has 0 bridgehead atoms. The first-order chi connectivity index (χ1) is 10.0. The van der Waals surface area contributed by atoms with Gasteiger partial charge in [0, 0.05) is 13.1 Å². The first kappa shape index (κ1) is 15.4. The minimum Gasteiger partial charge on any atom is -0.478 e. The largest absolute Gasteiger partial charge is 0.478 e. The molecule has 21 heavy (non-hydrogen) atoms. The molecule has 2 amide bonds. The lowest BCUT2D eigenvalue weighted by Crippen LogP contribution is -2.45. The molecule has 1 aliphatic rings. The standard InChI is InChI=1S/C16H22N2O3/c1-2-16(7-4-8-16)11-18-15(21)17-10-12-5-3-6-13(9-12)14(19)20/h3,5-6,9H,2,4,7-8,10-11H2,1H3,(H,19,20)(H2,17,18,21). The molecule has 0 radical (unpaired) electrons. The van der Waals surface area contributed by atoms with E-state index < -0.39 is 5.97 Å². The van der Waals surface area contributed by atoms with Gasteiger partial charge in [-0.25, -0.2) is 9.59 Å². The fourth-order valence-corrected chi connectivity index (χ4v) is 2.66. The predicted molar refractivity (Wildman–Crippen MR) is 80.2 cm³/mol. The van der Waals surface area contributed by atoms with Crippen molar-refractivity contribution in [3.63, 3.8) is 0 Å². The van der Waals surface area contributed by atoms with E-state index in [0.29, 0.717) is 18.5 Å². The normalized spacial score (nSPS) is 15.9. The van der Waals surface area contributed by atoms with Gasteiger partial charge in [-0.1, -0.05) is 25.5 Å². The lowest BCUT2D eigenvalue weighted by Gasteiger charge is -2.41. The number of rotatable bonds is 6. The highest BCUT2D eigenvalue weighted by atomic mass is 16.4. The van der Waals surface area contributed by atoms with Crippen LogP contribution in [-0.4, -0.2) is 23.7 Å². The van der Waals surface area contributed by atoms with Crippen molar-refractivity contribution in [2.75, 3.05) is 6.54 Å². The van der Waals surface area contributed by atoms with Crippen LogP contribution in [0.25, 0.3) is 0 Å². The van der Waals surface area contributed by atoms with Crippen LogP contribution in [0.3, 0.4) is 0 Å². The van der Waals surface area contributed by atoms with Crippen molar-refractivity contribution in [2.45, 2.75) is 39.2 Å². The Hall–Kier alpha value is -2.04. The van der Waals surface area contributed by atoms with Gasteiger partial charge in [0.1, 0.15) is 0 Å². The molecule has 0 unspecified atom stereocenters. The van der Waals surface area contributed by atoms with Gasteiger partial charge in [0.25, 0.3) is 0 Å². The van der Waals surface area contributed by atoms with Crippen molar-refractivity contribution >= 4 is 12.0 Å². The second-order valence-electron chi connectivity index (χ2n) is 5.75. The number of amides is 2. The van der Waals surface area contributed by atoms with Gasteiger partial charge in [-0.2, -0.15) is 0 Å². The van der Waals surface area contributed by atoms with Crippen molar-refractivity contribution in [1.29, 1.82) is 0 Å². The minimum absolute atomic E-state index is 0.199. The zero-order chi connectivity index (χ0) is 15.3. The molecule has 5 nitrogen and oxygen atoms in total. The van der Waals surface area contributed by atoms with Crippen molar-refractivity contribution in [3.8, 4) is 0 Å². The summed E-state index contributed by atoms with van der Waals surface area (Å²) in [5, 5.41) is 14.6. The predicted octanol–water partition coefficient (Wildman–Crippen LogP) is 2.76. The Kier molecular flexibility index (Phi) is 4.83. The molecule has 0 heterocycles. The molecule has 2 rings (SSSR count). The third kappa shape index (κ3) is 3.97. The monoisotopic (exact) mass is 290 g/mol. The first-order valence-corrected chi connectivity index (χ1v) is 7.39. The Bertz CT molecular complexity index is 518. The van der Waals surface area contributed by atoms with Crippen LogP contribution in [-0.2, 0) is 6.54 Å². The zero-order valence-corrected chi connectivity index (χ0v) is 12.3. The molecule has 1 fully saturated rings. The Balaban J connectivity index is 1.78. The summed E-state index contributed by atoms with van der Waals surface area (Å²) in [7, 11) is 0. The number of hydrogen-bond donors (Lipinski definition) is 3. The number of nitrogens with one attached hydrogen (secondary N) is 2. The molecule has 1 aromatic rings. The van der Waals surface area contributed by atoms with Crippen LogP contribution in [0.4, 0.5) is 4.79 Å². The molecule has 1 aliphatic carbocycles. The van der Waals surface area contributed by atoms with Gasteiger partial charge < -0.3 is 15.7 Å². The lowest BCUT2D eigenvalue weighted by atomic mass is 9.67. The van der Waals surface area contributed by atoms with E-state index in [1.54, 1.807) is 18.2 Å². The summed E-state index contributed by atoms with van der Waals surface area (Å²) in [6.07, 6.45) is 4.71. The molecular weight excluding hydrogens is 268 g/mol. The Morgan fingerprint density at radius 1 is 1.29 bits per heavy atom. The maximum absolute atomic E-state index is 11.8. The molecule has 0 aliphatic heterocycles. The maximum Gasteiger partial charge on any atom is 0.335 e. The van der Waals surface area contributed by atoms with Crippen LogP contribution in [0.1, 0.15) is 48.5 Å². The van der Waals surface area contributed by atoms with Crippen molar-refractivity contribution < 1.29 is 14.7 Å². The van der Waals surface area contributed by atoms with Gasteiger partial charge in [-0.3, -0.25) is 0 Å². The molecule has 0 atom stereocenters. The lowest BCUT2D eigenvalue weighted by molar-refractivity contribution is 0.0696. The van der Waals surface area contributed by atoms with Crippen molar-refractivity contribution in [1.82, 2.24) is 10.6 Å². The van der Waals surface area contributed by atoms with E-state index in [0.717, 1.165) is 12.0 Å². The zero-order valence-electron chi connectivity index (χ0n) is 12.3. The summed E-state index contributed by atoms with van der Waals surface area (Å²) >= 11 is 0. The van der Waals surface area contributed by atoms with Crippen LogP contribution < -0.4 is 10.6 Å². The van der Waals surface area contributed by atoms with Crippen molar-refractivity contribution in [2.24, 2.45) is 5.41 Å². The summed E-state index contributed by atoms with van der Waals surface area (Å²) in [4.78, 5) is 22.7. The SMILES string of the molecule is CCC1(CNC(=O)NCc2cccc(C(=O)O)c2)CCC1. The van der Waals surface area contributed by atoms with Gasteiger partial charge in [-0.15, -0.1) is 0 Å². The molecule has 3 N–H and O–H groups in total. The molecular formula is C16H22N2O3. The van der Waals surface area contributed by atoms with E-state index in [-0.39, 0.29) is 11.6 Å². The van der Waals surface area contributed by atoms with Crippen LogP contribution in [0.2, 0.25) is 0 Å². The summed E-state index contributed by atoms with van der Waals surface area (Å²) in [5.41, 5.74) is 1.30. The number of urea groups is 1. The number of benzene rings is 1. The number of carboxylic acid groups (broad SMARTS) is 1. The molecule has 0 saturated heterocycles. The molecule has 5 heteroatoms. The van der Waals surface area contributed by atoms with E-state index >= 15 is 0 Å². The number of aromatic carboxylic acids is 1. The number of carbonyl (C=O) groups is 2. The summed E-state index contributed by atoms with van der Waals surface area (Å²) in [5.74, 6) is -0.962. The highest BCUT2D eigenvalue weighted by Crippen LogP contribution is 2.42. The van der Waals surface area contributed by atoms with E-state index in [9.17, 15) is 9.59 Å². The average Bonchev–Trinajstić information content (AvgIpc) is 2.44. The van der Waals surface area contributed by atoms with E-state index in [1.165, 1.54) is 25.3 Å². The fourth-order valence-electron chi connectivity index (χ4n) is 2.66. The third-order valence-corrected chi connectivity index (χ3v) is 4.42. The minimum atomic E-state index is -0.962. The highest BCUT2D eigenvalue weighted by molar-refractivity contribution is 5.87. The topological polar surface area (TPSA) is 78.4 Å². The van der Waals surface area contributed by atoms with Crippen LogP contribution in [0.5, 0.6) is 0 Å². The van der Waals surface area contributed by atoms with Gasteiger partial charge >= 0.3 is 12.0 Å². The second-order valence-corrected chi connectivity index (χ2v) is 5.75. The second kappa shape index (κ2) is 6.61. The number of carboxylic acids is 1. The highest BCUT2D eigenvalue weighted by Gasteiger charge is 2.35. The number of carbonyl (C=O) groups excluding carboxylic acids is 1. The van der Waals surface area contributed by atoms with Crippen LogP contribution in [0, 0.1) is 5.41 Å². The van der Waals surface area contributed by atoms with Gasteiger partial charge in [0.15, 0.2) is 0 Å². The van der Waals surface area contributed by atoms with Gasteiger partial charge in [0.2, 0.25) is 0 Å². The smallest absolute Gasteiger partial charge is 0.335 e. The summed E-state index contributed by atoms with van der Waals surface area (Å²) in [6.45, 7) is 3.20. The average molecular weight is 290 g/mol. The van der Waals surface area contributed by atoms with E-state index in [1.807, 2.05) is 0 Å². The summed E-state index contributed by atoms with van der Waals surface area (Å²) in [6, 6.07) is 6.39. The molecule has 0 aromatic heterocycles. The van der Waals surface area contributed by atoms with E-state index in [4.69, 9.17) is 5.11 Å². The Labute approximate surface area is 124 Å². The van der Waals surface area contributed by atoms with E-state index in [2.05, 4.69) is 17.6 Å². The quantitative estimate of drug-likeness (QED) is 0.753. The Morgan fingerprint density at radius 2 is 2.05 bits per heavy atom. The van der Waals surface area contributed by atoms with Crippen LogP contribution in [0.15, 0.2) is 24.3 Å². The van der Waals surface area contributed by atoms with Crippen molar-refractivity contribution in [3.05, 3.63) is 35.4 Å². The van der Waals surface area contributed by atoms with Crippen LogP contribution >= 0.6 is 0 Å². The first-order valence-electron chi connectivity index (χ1n) is 7.39.